The van der Waals surface area contributed by atoms with E-state index in [0.29, 0.717) is 12.0 Å². The van der Waals surface area contributed by atoms with Crippen LogP contribution in [0.5, 0.6) is 11.5 Å². The summed E-state index contributed by atoms with van der Waals surface area (Å²) >= 11 is 0. The Morgan fingerprint density at radius 1 is 1.18 bits per heavy atom. The van der Waals surface area contributed by atoms with Crippen LogP contribution in [0, 0.1) is 0 Å². The molecule has 2 rings (SSSR count). The van der Waals surface area contributed by atoms with Gasteiger partial charge in [-0.15, -0.1) is 0 Å². The molecular formula is C11H12F3NO2. The minimum atomic E-state index is -4.45. The molecule has 2 N–H and O–H groups in total. The van der Waals surface area contributed by atoms with Crippen LogP contribution in [0.3, 0.4) is 0 Å². The number of hydrogen-bond donors (Lipinski definition) is 1. The first-order valence-corrected chi connectivity index (χ1v) is 5.22. The number of rotatable bonds is 2. The number of alkyl halides is 3. The van der Waals surface area contributed by atoms with E-state index in [1.54, 1.807) is 6.07 Å². The standard InChI is InChI=1S/C11H12F3NO2/c12-11(13,14)8-5-7(1-2-15)6-9-10(8)17-4-3-16-9/h5-6H,1-4,15H2. The Labute approximate surface area is 96.3 Å². The van der Waals surface area contributed by atoms with Crippen molar-refractivity contribution in [3.05, 3.63) is 23.3 Å². The summed E-state index contributed by atoms with van der Waals surface area (Å²) in [7, 11) is 0. The first-order chi connectivity index (χ1) is 8.02. The minimum absolute atomic E-state index is 0.131. The Morgan fingerprint density at radius 2 is 1.88 bits per heavy atom. The number of hydrogen-bond acceptors (Lipinski definition) is 3. The van der Waals surface area contributed by atoms with E-state index in [1.807, 2.05) is 0 Å². The second kappa shape index (κ2) is 4.44. The molecule has 1 aromatic carbocycles. The highest BCUT2D eigenvalue weighted by Gasteiger charge is 2.37. The lowest BCUT2D eigenvalue weighted by Gasteiger charge is -2.23. The molecule has 0 saturated carbocycles. The molecule has 0 aromatic heterocycles. The molecule has 0 aliphatic carbocycles. The van der Waals surface area contributed by atoms with Gasteiger partial charge in [-0.2, -0.15) is 13.2 Å². The number of ether oxygens (including phenoxy) is 2. The summed E-state index contributed by atoms with van der Waals surface area (Å²) in [4.78, 5) is 0. The average molecular weight is 247 g/mol. The van der Waals surface area contributed by atoms with Crippen LogP contribution in [-0.2, 0) is 12.6 Å². The van der Waals surface area contributed by atoms with Gasteiger partial charge in [-0.05, 0) is 30.7 Å². The van der Waals surface area contributed by atoms with Gasteiger partial charge in [0.05, 0.1) is 0 Å². The van der Waals surface area contributed by atoms with Crippen molar-refractivity contribution >= 4 is 0 Å². The summed E-state index contributed by atoms with van der Waals surface area (Å²) in [5.74, 6) is -0.0703. The van der Waals surface area contributed by atoms with Crippen molar-refractivity contribution in [1.29, 1.82) is 0 Å². The molecule has 1 aliphatic heterocycles. The highest BCUT2D eigenvalue weighted by molar-refractivity contribution is 5.51. The molecule has 94 valence electrons. The van der Waals surface area contributed by atoms with Gasteiger partial charge in [-0.3, -0.25) is 0 Å². The third-order valence-corrected chi connectivity index (χ3v) is 2.44. The molecular weight excluding hydrogens is 235 g/mol. The first kappa shape index (κ1) is 12.0. The Morgan fingerprint density at radius 3 is 2.53 bits per heavy atom. The molecule has 0 unspecified atom stereocenters. The predicted molar refractivity (Wildman–Crippen MR) is 55.2 cm³/mol. The molecule has 3 nitrogen and oxygen atoms in total. The van der Waals surface area contributed by atoms with Crippen molar-refractivity contribution in [2.75, 3.05) is 19.8 Å². The van der Waals surface area contributed by atoms with E-state index in [1.165, 1.54) is 0 Å². The lowest BCUT2D eigenvalue weighted by atomic mass is 10.1. The second-order valence-corrected chi connectivity index (χ2v) is 3.70. The monoisotopic (exact) mass is 247 g/mol. The zero-order valence-electron chi connectivity index (χ0n) is 9.01. The lowest BCUT2D eigenvalue weighted by molar-refractivity contribution is -0.139. The third kappa shape index (κ3) is 2.46. The minimum Gasteiger partial charge on any atom is -0.486 e. The van der Waals surface area contributed by atoms with Crippen molar-refractivity contribution in [3.8, 4) is 11.5 Å². The zero-order chi connectivity index (χ0) is 12.5. The maximum Gasteiger partial charge on any atom is 0.420 e. The van der Waals surface area contributed by atoms with Gasteiger partial charge in [0.1, 0.15) is 18.8 Å². The van der Waals surface area contributed by atoms with Crippen LogP contribution in [0.1, 0.15) is 11.1 Å². The van der Waals surface area contributed by atoms with Gasteiger partial charge >= 0.3 is 6.18 Å². The number of nitrogens with two attached hydrogens (primary N) is 1. The summed E-state index contributed by atoms with van der Waals surface area (Å²) in [5.41, 5.74) is 5.05. The summed E-state index contributed by atoms with van der Waals surface area (Å²) in [6.07, 6.45) is -4.07. The van der Waals surface area contributed by atoms with Crippen LogP contribution in [0.2, 0.25) is 0 Å². The molecule has 6 heteroatoms. The van der Waals surface area contributed by atoms with Gasteiger partial charge in [0.25, 0.3) is 0 Å². The Balaban J connectivity index is 2.50. The molecule has 1 aliphatic rings. The van der Waals surface area contributed by atoms with E-state index in [4.69, 9.17) is 15.2 Å². The number of halogens is 3. The van der Waals surface area contributed by atoms with Crippen LogP contribution in [0.25, 0.3) is 0 Å². The molecule has 1 heterocycles. The molecule has 0 bridgehead atoms. The fourth-order valence-corrected chi connectivity index (χ4v) is 1.73. The topological polar surface area (TPSA) is 44.5 Å². The van der Waals surface area contributed by atoms with Crippen molar-refractivity contribution < 1.29 is 22.6 Å². The van der Waals surface area contributed by atoms with Gasteiger partial charge in [0.15, 0.2) is 11.5 Å². The summed E-state index contributed by atoms with van der Waals surface area (Å²) in [5, 5.41) is 0. The Bertz CT molecular complexity index is 418. The van der Waals surface area contributed by atoms with Gasteiger partial charge in [0.2, 0.25) is 0 Å². The van der Waals surface area contributed by atoms with Crippen LogP contribution in [0.4, 0.5) is 13.2 Å². The summed E-state index contributed by atoms with van der Waals surface area (Å²) in [6.45, 7) is 0.680. The van der Waals surface area contributed by atoms with Crippen molar-refractivity contribution in [3.63, 3.8) is 0 Å². The molecule has 0 amide bonds. The Kier molecular flexibility index (Phi) is 3.15. The molecule has 0 fully saturated rings. The van der Waals surface area contributed by atoms with E-state index in [9.17, 15) is 13.2 Å². The third-order valence-electron chi connectivity index (χ3n) is 2.44. The molecule has 0 spiro atoms. The number of fused-ring (bicyclic) bond motifs is 1. The molecule has 0 radical (unpaired) electrons. The number of benzene rings is 1. The van der Waals surface area contributed by atoms with Gasteiger partial charge in [0, 0.05) is 0 Å². The van der Waals surface area contributed by atoms with E-state index < -0.39 is 11.7 Å². The predicted octanol–water partition coefficient (Wildman–Crippen LogP) is 1.98. The zero-order valence-corrected chi connectivity index (χ0v) is 9.01. The maximum absolute atomic E-state index is 12.8. The van der Waals surface area contributed by atoms with Gasteiger partial charge in [-0.25, -0.2) is 0 Å². The van der Waals surface area contributed by atoms with Gasteiger partial charge < -0.3 is 15.2 Å². The van der Waals surface area contributed by atoms with Crippen LogP contribution in [0.15, 0.2) is 12.1 Å². The van der Waals surface area contributed by atoms with E-state index in [2.05, 4.69) is 0 Å². The lowest BCUT2D eigenvalue weighted by Crippen LogP contribution is -2.20. The highest BCUT2D eigenvalue weighted by Crippen LogP contribution is 2.43. The van der Waals surface area contributed by atoms with E-state index in [0.717, 1.165) is 6.07 Å². The summed E-state index contributed by atoms with van der Waals surface area (Å²) in [6, 6.07) is 2.62. The molecule has 0 saturated heterocycles. The van der Waals surface area contributed by atoms with Crippen molar-refractivity contribution in [1.82, 2.24) is 0 Å². The first-order valence-electron chi connectivity index (χ1n) is 5.22. The smallest absolute Gasteiger partial charge is 0.420 e. The van der Waals surface area contributed by atoms with Crippen molar-refractivity contribution in [2.45, 2.75) is 12.6 Å². The highest BCUT2D eigenvalue weighted by atomic mass is 19.4. The second-order valence-electron chi connectivity index (χ2n) is 3.70. The molecule has 0 atom stereocenters. The quantitative estimate of drug-likeness (QED) is 0.869. The summed E-state index contributed by atoms with van der Waals surface area (Å²) < 4.78 is 48.7. The Hall–Kier alpha value is -1.43. The fraction of sp³-hybridized carbons (Fsp3) is 0.455. The maximum atomic E-state index is 12.8. The normalized spacial score (nSPS) is 14.8. The van der Waals surface area contributed by atoms with E-state index >= 15 is 0 Å². The largest absolute Gasteiger partial charge is 0.486 e. The van der Waals surface area contributed by atoms with Crippen molar-refractivity contribution in [2.24, 2.45) is 5.73 Å². The fourth-order valence-electron chi connectivity index (χ4n) is 1.73. The van der Waals surface area contributed by atoms with Crippen LogP contribution in [-0.4, -0.2) is 19.8 Å². The average Bonchev–Trinajstić information content (AvgIpc) is 2.27. The van der Waals surface area contributed by atoms with Gasteiger partial charge in [-0.1, -0.05) is 0 Å². The molecule has 17 heavy (non-hydrogen) atoms. The van der Waals surface area contributed by atoms with E-state index in [-0.39, 0.29) is 31.3 Å². The van der Waals surface area contributed by atoms with Crippen LogP contribution >= 0.6 is 0 Å². The SMILES string of the molecule is NCCc1cc2c(c(C(F)(F)F)c1)OCCO2. The molecule has 1 aromatic rings. The van der Waals surface area contributed by atoms with Crippen LogP contribution < -0.4 is 15.2 Å².